The van der Waals surface area contributed by atoms with Gasteiger partial charge < -0.3 is 5.32 Å². The van der Waals surface area contributed by atoms with Gasteiger partial charge in [0.2, 0.25) is 0 Å². The molecule has 18 heavy (non-hydrogen) atoms. The van der Waals surface area contributed by atoms with E-state index in [1.807, 2.05) is 11.8 Å². The van der Waals surface area contributed by atoms with Gasteiger partial charge in [0.05, 0.1) is 11.7 Å². The van der Waals surface area contributed by atoms with Gasteiger partial charge in [0, 0.05) is 30.3 Å². The fourth-order valence-corrected chi connectivity index (χ4v) is 3.89. The lowest BCUT2D eigenvalue weighted by Crippen LogP contribution is -2.35. The Morgan fingerprint density at radius 3 is 3.11 bits per heavy atom. The van der Waals surface area contributed by atoms with Crippen LogP contribution in [0.15, 0.2) is 0 Å². The van der Waals surface area contributed by atoms with E-state index in [4.69, 9.17) is 9.97 Å². The van der Waals surface area contributed by atoms with Crippen molar-refractivity contribution in [2.75, 3.05) is 31.6 Å². The Morgan fingerprint density at radius 2 is 2.28 bits per heavy atom. The highest BCUT2D eigenvalue weighted by Crippen LogP contribution is 2.27. The van der Waals surface area contributed by atoms with Crippen LogP contribution in [0.2, 0.25) is 0 Å². The van der Waals surface area contributed by atoms with Crippen LogP contribution in [0.5, 0.6) is 0 Å². The highest BCUT2D eigenvalue weighted by molar-refractivity contribution is 7.99. The van der Waals surface area contributed by atoms with Gasteiger partial charge >= 0.3 is 0 Å². The van der Waals surface area contributed by atoms with Crippen molar-refractivity contribution < 1.29 is 0 Å². The first kappa shape index (κ1) is 12.4. The lowest BCUT2D eigenvalue weighted by atomic mass is 10.0. The second kappa shape index (κ2) is 5.15. The molecule has 1 N–H and O–H groups in total. The van der Waals surface area contributed by atoms with Gasteiger partial charge in [-0.2, -0.15) is 11.8 Å². The largest absolute Gasteiger partial charge is 0.311 e. The molecule has 0 aromatic carbocycles. The second-order valence-electron chi connectivity index (χ2n) is 5.09. The number of hydrogen-bond donors (Lipinski definition) is 1. The Kier molecular flexibility index (Phi) is 3.54. The molecule has 1 atom stereocenters. The Morgan fingerprint density at radius 1 is 1.39 bits per heavy atom. The van der Waals surface area contributed by atoms with Crippen LogP contribution in [0.25, 0.3) is 0 Å². The second-order valence-corrected chi connectivity index (χ2v) is 6.24. The molecule has 5 heteroatoms. The number of thioether (sulfide) groups is 1. The van der Waals surface area contributed by atoms with Crippen LogP contribution in [-0.4, -0.2) is 46.5 Å². The van der Waals surface area contributed by atoms with Crippen molar-refractivity contribution in [3.63, 3.8) is 0 Å². The standard InChI is InChI=1S/C13H20N4S/c1-9-10-3-4-14-7-11(10)16-13(15-9)12-8-18-6-5-17(12)2/h12,14H,3-8H2,1-2H3. The number of hydrogen-bond acceptors (Lipinski definition) is 5. The summed E-state index contributed by atoms with van der Waals surface area (Å²) in [5.74, 6) is 3.35. The van der Waals surface area contributed by atoms with E-state index in [2.05, 4.69) is 24.2 Å². The zero-order chi connectivity index (χ0) is 12.5. The van der Waals surface area contributed by atoms with Crippen molar-refractivity contribution >= 4 is 11.8 Å². The minimum Gasteiger partial charge on any atom is -0.311 e. The Balaban J connectivity index is 1.94. The summed E-state index contributed by atoms with van der Waals surface area (Å²) in [5, 5.41) is 3.40. The van der Waals surface area contributed by atoms with Crippen LogP contribution in [-0.2, 0) is 13.0 Å². The molecule has 1 aromatic heterocycles. The normalized spacial score (nSPS) is 24.9. The van der Waals surface area contributed by atoms with Crippen molar-refractivity contribution in [2.45, 2.75) is 25.9 Å². The number of nitrogens with one attached hydrogen (secondary N) is 1. The van der Waals surface area contributed by atoms with Gasteiger partial charge in [-0.3, -0.25) is 4.90 Å². The molecule has 98 valence electrons. The van der Waals surface area contributed by atoms with Crippen molar-refractivity contribution in [1.82, 2.24) is 20.2 Å². The van der Waals surface area contributed by atoms with Gasteiger partial charge in [0.15, 0.2) is 0 Å². The van der Waals surface area contributed by atoms with Crippen LogP contribution < -0.4 is 5.32 Å². The fraction of sp³-hybridized carbons (Fsp3) is 0.692. The van der Waals surface area contributed by atoms with Crippen LogP contribution in [0.4, 0.5) is 0 Å². The maximum atomic E-state index is 4.82. The molecule has 0 amide bonds. The SMILES string of the molecule is Cc1nc(C2CSCCN2C)nc2c1CCNC2. The average molecular weight is 264 g/mol. The monoisotopic (exact) mass is 264 g/mol. The predicted molar refractivity (Wildman–Crippen MR) is 74.9 cm³/mol. The van der Waals surface area contributed by atoms with E-state index in [1.54, 1.807) is 0 Å². The van der Waals surface area contributed by atoms with Crippen molar-refractivity contribution in [3.05, 3.63) is 22.8 Å². The highest BCUT2D eigenvalue weighted by Gasteiger charge is 2.25. The van der Waals surface area contributed by atoms with E-state index in [-0.39, 0.29) is 0 Å². The summed E-state index contributed by atoms with van der Waals surface area (Å²) in [6.07, 6.45) is 1.07. The minimum absolute atomic E-state index is 0.384. The van der Waals surface area contributed by atoms with E-state index in [0.717, 1.165) is 37.6 Å². The molecule has 1 fully saturated rings. The summed E-state index contributed by atoms with van der Waals surface area (Å²) in [5.41, 5.74) is 3.76. The van der Waals surface area contributed by atoms with Crippen molar-refractivity contribution in [1.29, 1.82) is 0 Å². The topological polar surface area (TPSA) is 41.1 Å². The Bertz CT molecular complexity index is 449. The first-order valence-corrected chi connectivity index (χ1v) is 7.76. The quantitative estimate of drug-likeness (QED) is 0.824. The number of rotatable bonds is 1. The van der Waals surface area contributed by atoms with Gasteiger partial charge in [-0.15, -0.1) is 0 Å². The molecule has 0 saturated carbocycles. The maximum Gasteiger partial charge on any atom is 0.146 e. The third-order valence-corrected chi connectivity index (χ3v) is 4.88. The lowest BCUT2D eigenvalue weighted by molar-refractivity contribution is 0.263. The summed E-state index contributed by atoms with van der Waals surface area (Å²) in [6.45, 7) is 5.21. The number of aryl methyl sites for hydroxylation is 1. The summed E-state index contributed by atoms with van der Waals surface area (Å²) in [6, 6.07) is 0.384. The first-order chi connectivity index (χ1) is 8.75. The molecule has 0 bridgehead atoms. The number of fused-ring (bicyclic) bond motifs is 1. The highest BCUT2D eigenvalue weighted by atomic mass is 32.2. The molecule has 1 saturated heterocycles. The molecule has 2 aliphatic heterocycles. The van der Waals surface area contributed by atoms with Gasteiger partial charge in [-0.1, -0.05) is 0 Å². The van der Waals surface area contributed by atoms with Gasteiger partial charge in [0.1, 0.15) is 5.82 Å². The molecule has 1 aromatic rings. The smallest absolute Gasteiger partial charge is 0.146 e. The molecule has 0 aliphatic carbocycles. The van der Waals surface area contributed by atoms with Gasteiger partial charge in [0.25, 0.3) is 0 Å². The summed E-state index contributed by atoms with van der Waals surface area (Å²) in [4.78, 5) is 12.0. The van der Waals surface area contributed by atoms with Crippen molar-refractivity contribution in [3.8, 4) is 0 Å². The number of nitrogens with zero attached hydrogens (tertiary/aromatic N) is 3. The van der Waals surface area contributed by atoms with Gasteiger partial charge in [-0.25, -0.2) is 9.97 Å². The number of aromatic nitrogens is 2. The zero-order valence-corrected chi connectivity index (χ0v) is 11.9. The van der Waals surface area contributed by atoms with E-state index < -0.39 is 0 Å². The Labute approximate surface area is 113 Å². The van der Waals surface area contributed by atoms with Crippen LogP contribution in [0.1, 0.15) is 28.8 Å². The molecule has 0 spiro atoms. The van der Waals surface area contributed by atoms with Gasteiger partial charge in [-0.05, 0) is 32.5 Å². The summed E-state index contributed by atoms with van der Waals surface area (Å²) >= 11 is 2.01. The molecule has 2 aliphatic rings. The third kappa shape index (κ3) is 2.27. The maximum absolute atomic E-state index is 4.82. The fourth-order valence-electron chi connectivity index (χ4n) is 2.68. The lowest BCUT2D eigenvalue weighted by Gasteiger charge is -2.31. The molecule has 0 radical (unpaired) electrons. The third-order valence-electron chi connectivity index (χ3n) is 3.86. The van der Waals surface area contributed by atoms with Crippen LogP contribution in [0, 0.1) is 6.92 Å². The predicted octanol–water partition coefficient (Wildman–Crippen LogP) is 1.15. The van der Waals surface area contributed by atoms with E-state index in [1.165, 1.54) is 22.7 Å². The molecular weight excluding hydrogens is 244 g/mol. The molecule has 3 rings (SSSR count). The molecule has 4 nitrogen and oxygen atoms in total. The average Bonchev–Trinajstić information content (AvgIpc) is 2.39. The summed E-state index contributed by atoms with van der Waals surface area (Å²) in [7, 11) is 2.18. The molecular formula is C13H20N4S. The molecule has 3 heterocycles. The minimum atomic E-state index is 0.384. The van der Waals surface area contributed by atoms with Crippen LogP contribution in [0.3, 0.4) is 0 Å². The van der Waals surface area contributed by atoms with Crippen molar-refractivity contribution in [2.24, 2.45) is 0 Å². The van der Waals surface area contributed by atoms with Crippen LogP contribution >= 0.6 is 11.8 Å². The van der Waals surface area contributed by atoms with E-state index >= 15 is 0 Å². The first-order valence-electron chi connectivity index (χ1n) is 6.60. The van der Waals surface area contributed by atoms with E-state index in [9.17, 15) is 0 Å². The Hall–Kier alpha value is -0.650. The zero-order valence-electron chi connectivity index (χ0n) is 11.1. The summed E-state index contributed by atoms with van der Waals surface area (Å²) < 4.78 is 0. The van der Waals surface area contributed by atoms with E-state index in [0.29, 0.717) is 6.04 Å². The molecule has 1 unspecified atom stereocenters.